The summed E-state index contributed by atoms with van der Waals surface area (Å²) >= 11 is 1.74. The molecule has 1 atom stereocenters. The molecule has 3 rings (SSSR count). The molecule has 0 bridgehead atoms. The van der Waals surface area contributed by atoms with Crippen LogP contribution < -0.4 is 10.1 Å². The van der Waals surface area contributed by atoms with Crippen LogP contribution in [0.4, 0.5) is 0 Å². The molecular weight excluding hydrogens is 244 g/mol. The van der Waals surface area contributed by atoms with Crippen LogP contribution in [-0.4, -0.2) is 18.6 Å². The molecule has 1 N–H and O–H groups in total. The first kappa shape index (κ1) is 11.7. The zero-order chi connectivity index (χ0) is 12.5. The number of fused-ring (bicyclic) bond motifs is 1. The third-order valence-corrected chi connectivity index (χ3v) is 4.24. The van der Waals surface area contributed by atoms with E-state index in [9.17, 15) is 0 Å². The number of aromatic nitrogens is 1. The van der Waals surface area contributed by atoms with Gasteiger partial charge in [0, 0.05) is 17.5 Å². The zero-order valence-electron chi connectivity index (χ0n) is 10.6. The van der Waals surface area contributed by atoms with Crippen molar-refractivity contribution in [2.45, 2.75) is 19.4 Å². The standard InChI is InChI=1S/C14H16N2OS/c1-9-16-8-13(18-9)14(15-2)11-3-4-12-10(7-11)5-6-17-12/h3-4,7-8,14-15H,5-6H2,1-2H3. The second kappa shape index (κ2) is 4.71. The fourth-order valence-corrected chi connectivity index (χ4v) is 3.29. The van der Waals surface area contributed by atoms with Crippen molar-refractivity contribution in [2.24, 2.45) is 0 Å². The molecule has 0 saturated heterocycles. The molecule has 4 heteroatoms. The molecule has 1 aromatic heterocycles. The van der Waals surface area contributed by atoms with Crippen molar-refractivity contribution < 1.29 is 4.74 Å². The normalized spacial score (nSPS) is 15.2. The Bertz CT molecular complexity index is 565. The maximum atomic E-state index is 5.55. The van der Waals surface area contributed by atoms with Crippen LogP contribution in [0.2, 0.25) is 0 Å². The predicted octanol–water partition coefficient (Wildman–Crippen LogP) is 2.70. The lowest BCUT2D eigenvalue weighted by atomic mass is 10.0. The van der Waals surface area contributed by atoms with Gasteiger partial charge in [-0.3, -0.25) is 0 Å². The van der Waals surface area contributed by atoms with Crippen LogP contribution in [0.5, 0.6) is 5.75 Å². The van der Waals surface area contributed by atoms with Crippen LogP contribution in [0, 0.1) is 6.92 Å². The Balaban J connectivity index is 1.96. The van der Waals surface area contributed by atoms with Crippen LogP contribution in [0.1, 0.15) is 27.1 Å². The van der Waals surface area contributed by atoms with E-state index in [-0.39, 0.29) is 6.04 Å². The summed E-state index contributed by atoms with van der Waals surface area (Å²) in [5.41, 5.74) is 2.60. The first-order chi connectivity index (χ1) is 8.78. The maximum Gasteiger partial charge on any atom is 0.122 e. The van der Waals surface area contributed by atoms with Gasteiger partial charge >= 0.3 is 0 Å². The Hall–Kier alpha value is -1.39. The van der Waals surface area contributed by atoms with E-state index in [0.29, 0.717) is 0 Å². The van der Waals surface area contributed by atoms with Gasteiger partial charge in [-0.2, -0.15) is 0 Å². The minimum atomic E-state index is 0.224. The van der Waals surface area contributed by atoms with Crippen molar-refractivity contribution in [3.63, 3.8) is 0 Å². The van der Waals surface area contributed by atoms with E-state index in [1.807, 2.05) is 20.2 Å². The lowest BCUT2D eigenvalue weighted by Gasteiger charge is -2.15. The van der Waals surface area contributed by atoms with Gasteiger partial charge in [-0.05, 0) is 31.2 Å². The molecule has 0 saturated carbocycles. The molecule has 0 radical (unpaired) electrons. The maximum absolute atomic E-state index is 5.55. The Morgan fingerprint density at radius 2 is 2.33 bits per heavy atom. The molecule has 2 heterocycles. The van der Waals surface area contributed by atoms with Gasteiger partial charge in [-0.1, -0.05) is 12.1 Å². The summed E-state index contributed by atoms with van der Waals surface area (Å²) in [6.07, 6.45) is 2.98. The summed E-state index contributed by atoms with van der Waals surface area (Å²) in [7, 11) is 1.99. The summed E-state index contributed by atoms with van der Waals surface area (Å²) < 4.78 is 5.55. The number of benzene rings is 1. The lowest BCUT2D eigenvalue weighted by Crippen LogP contribution is -2.16. The van der Waals surface area contributed by atoms with Gasteiger partial charge in [-0.25, -0.2) is 4.98 Å². The molecule has 18 heavy (non-hydrogen) atoms. The van der Waals surface area contributed by atoms with Crippen LogP contribution in [-0.2, 0) is 6.42 Å². The minimum Gasteiger partial charge on any atom is -0.493 e. The Kier molecular flexibility index (Phi) is 3.06. The van der Waals surface area contributed by atoms with Crippen molar-refractivity contribution in [1.82, 2.24) is 10.3 Å². The summed E-state index contributed by atoms with van der Waals surface area (Å²) in [4.78, 5) is 5.60. The molecule has 94 valence electrons. The summed E-state index contributed by atoms with van der Waals surface area (Å²) in [5, 5.41) is 4.47. The molecule has 0 amide bonds. The van der Waals surface area contributed by atoms with Crippen molar-refractivity contribution in [2.75, 3.05) is 13.7 Å². The SMILES string of the molecule is CNC(c1ccc2c(c1)CCO2)c1cnc(C)s1. The van der Waals surface area contributed by atoms with Crippen LogP contribution in [0.25, 0.3) is 0 Å². The van der Waals surface area contributed by atoms with Gasteiger partial charge in [0.25, 0.3) is 0 Å². The minimum absolute atomic E-state index is 0.224. The molecule has 1 aliphatic heterocycles. The van der Waals surface area contributed by atoms with Gasteiger partial charge in [-0.15, -0.1) is 11.3 Å². The van der Waals surface area contributed by atoms with Crippen LogP contribution >= 0.6 is 11.3 Å². The highest BCUT2D eigenvalue weighted by Gasteiger charge is 2.18. The summed E-state index contributed by atoms with van der Waals surface area (Å²) in [6.45, 7) is 2.85. The van der Waals surface area contributed by atoms with E-state index >= 15 is 0 Å². The van der Waals surface area contributed by atoms with Crippen molar-refractivity contribution in [1.29, 1.82) is 0 Å². The predicted molar refractivity (Wildman–Crippen MR) is 73.4 cm³/mol. The van der Waals surface area contributed by atoms with Crippen molar-refractivity contribution >= 4 is 11.3 Å². The third kappa shape index (κ3) is 2.02. The molecule has 1 unspecified atom stereocenters. The van der Waals surface area contributed by atoms with Crippen LogP contribution in [0.3, 0.4) is 0 Å². The molecular formula is C14H16N2OS. The summed E-state index contributed by atoms with van der Waals surface area (Å²) in [5.74, 6) is 1.04. The lowest BCUT2D eigenvalue weighted by molar-refractivity contribution is 0.357. The average molecular weight is 260 g/mol. The molecule has 0 aliphatic carbocycles. The highest BCUT2D eigenvalue weighted by molar-refractivity contribution is 7.11. The smallest absolute Gasteiger partial charge is 0.122 e. The first-order valence-corrected chi connectivity index (χ1v) is 6.95. The van der Waals surface area contributed by atoms with Crippen molar-refractivity contribution in [3.8, 4) is 5.75 Å². The van der Waals surface area contributed by atoms with E-state index in [1.165, 1.54) is 16.0 Å². The van der Waals surface area contributed by atoms with Gasteiger partial charge in [0.1, 0.15) is 5.75 Å². The molecule has 1 aromatic carbocycles. The molecule has 0 spiro atoms. The third-order valence-electron chi connectivity index (χ3n) is 3.26. The molecule has 3 nitrogen and oxygen atoms in total. The average Bonchev–Trinajstić information content (AvgIpc) is 2.99. The number of hydrogen-bond acceptors (Lipinski definition) is 4. The van der Waals surface area contributed by atoms with E-state index in [2.05, 4.69) is 28.5 Å². The molecule has 1 aliphatic rings. The fourth-order valence-electron chi connectivity index (χ4n) is 2.37. The number of aryl methyl sites for hydroxylation is 1. The number of ether oxygens (including phenoxy) is 1. The van der Waals surface area contributed by atoms with E-state index in [4.69, 9.17) is 4.74 Å². The zero-order valence-corrected chi connectivity index (χ0v) is 11.4. The first-order valence-electron chi connectivity index (χ1n) is 6.13. The Morgan fingerprint density at radius 3 is 3.06 bits per heavy atom. The van der Waals surface area contributed by atoms with E-state index < -0.39 is 0 Å². The quantitative estimate of drug-likeness (QED) is 0.921. The number of hydrogen-bond donors (Lipinski definition) is 1. The number of rotatable bonds is 3. The van der Waals surface area contributed by atoms with Gasteiger partial charge < -0.3 is 10.1 Å². The second-order valence-electron chi connectivity index (χ2n) is 4.47. The molecule has 2 aromatic rings. The number of nitrogens with one attached hydrogen (secondary N) is 1. The van der Waals surface area contributed by atoms with Crippen molar-refractivity contribution in [3.05, 3.63) is 45.4 Å². The van der Waals surface area contributed by atoms with E-state index in [0.717, 1.165) is 23.8 Å². The number of thiazole rings is 1. The fraction of sp³-hybridized carbons (Fsp3) is 0.357. The number of nitrogens with zero attached hydrogens (tertiary/aromatic N) is 1. The van der Waals surface area contributed by atoms with Gasteiger partial charge in [0.15, 0.2) is 0 Å². The summed E-state index contributed by atoms with van der Waals surface area (Å²) in [6, 6.07) is 6.69. The highest BCUT2D eigenvalue weighted by atomic mass is 32.1. The van der Waals surface area contributed by atoms with Crippen LogP contribution in [0.15, 0.2) is 24.4 Å². The highest BCUT2D eigenvalue weighted by Crippen LogP contribution is 2.32. The Labute approximate surface area is 111 Å². The van der Waals surface area contributed by atoms with Gasteiger partial charge in [0.2, 0.25) is 0 Å². The topological polar surface area (TPSA) is 34.1 Å². The monoisotopic (exact) mass is 260 g/mol. The Morgan fingerprint density at radius 1 is 1.44 bits per heavy atom. The van der Waals surface area contributed by atoms with E-state index in [1.54, 1.807) is 11.3 Å². The second-order valence-corrected chi connectivity index (χ2v) is 5.74. The largest absolute Gasteiger partial charge is 0.493 e. The molecule has 0 fully saturated rings. The van der Waals surface area contributed by atoms with Gasteiger partial charge in [0.05, 0.1) is 17.7 Å².